The Labute approximate surface area is 206 Å². The van der Waals surface area contributed by atoms with E-state index in [1.54, 1.807) is 24.8 Å². The quantitative estimate of drug-likeness (QED) is 0.416. The van der Waals surface area contributed by atoms with Gasteiger partial charge < -0.3 is 19.9 Å². The van der Waals surface area contributed by atoms with Gasteiger partial charge in [-0.2, -0.15) is 5.10 Å². The number of benzene rings is 1. The summed E-state index contributed by atoms with van der Waals surface area (Å²) >= 11 is 0. The van der Waals surface area contributed by atoms with E-state index in [0.717, 1.165) is 40.9 Å². The second-order valence-corrected chi connectivity index (χ2v) is 8.46. The van der Waals surface area contributed by atoms with Crippen LogP contribution in [0.15, 0.2) is 73.0 Å². The number of aromatic nitrogens is 5. The monoisotopic (exact) mass is 481 g/mol. The maximum atomic E-state index is 12.0. The Hall–Kier alpha value is -4.80. The van der Waals surface area contributed by atoms with Crippen LogP contribution in [-0.4, -0.2) is 60.7 Å². The third kappa shape index (κ3) is 4.00. The van der Waals surface area contributed by atoms with Crippen molar-refractivity contribution in [3.05, 3.63) is 73.5 Å². The normalized spacial score (nSPS) is 15.5. The van der Waals surface area contributed by atoms with Gasteiger partial charge in [0.15, 0.2) is 11.7 Å². The number of rotatable bonds is 5. The number of H-pyrrole nitrogens is 1. The molecule has 11 nitrogen and oxygen atoms in total. The van der Waals surface area contributed by atoms with Gasteiger partial charge in [0.2, 0.25) is 5.91 Å². The number of ether oxygens (including phenoxy) is 1. The van der Waals surface area contributed by atoms with Crippen LogP contribution in [0.1, 0.15) is 18.4 Å². The lowest BCUT2D eigenvalue weighted by atomic mass is 10.0. The zero-order valence-electron chi connectivity index (χ0n) is 19.3. The average molecular weight is 482 g/mol. The van der Waals surface area contributed by atoms with Crippen molar-refractivity contribution >= 4 is 34.3 Å². The number of aromatic amines is 1. The smallest absolute Gasteiger partial charge is 0.321 e. The molecule has 1 aromatic carbocycles. The largest absolute Gasteiger partial charge is 0.424 e. The molecule has 0 aliphatic carbocycles. The van der Waals surface area contributed by atoms with Gasteiger partial charge in [-0.15, -0.1) is 0 Å². The molecule has 1 saturated heterocycles. The van der Waals surface area contributed by atoms with Crippen LogP contribution in [0.25, 0.3) is 11.0 Å². The standard InChI is InChI=1S/C25H23N9O2/c1-2-20(35)33-12-8-17(9-13-33)34-24-21-19(14-28-23(21)29-15-30-24)22(32-34)31-16-4-6-18(7-5-16)36-25-26-10-3-11-27-25/h2-7,10-11,14-15,17H,1,8-9,12-13H2,(H,31,32)(H,28,29,30). The number of carbonyl (C=O) groups excluding carboxylic acids is 1. The molecule has 0 spiro atoms. The molecule has 2 aliphatic heterocycles. The Morgan fingerprint density at radius 1 is 1.11 bits per heavy atom. The van der Waals surface area contributed by atoms with Crippen LogP contribution >= 0.6 is 0 Å². The molecule has 0 saturated carbocycles. The van der Waals surface area contributed by atoms with E-state index < -0.39 is 0 Å². The first-order chi connectivity index (χ1) is 17.7. The van der Waals surface area contributed by atoms with Gasteiger partial charge in [0, 0.05) is 42.9 Å². The van der Waals surface area contributed by atoms with Crippen molar-refractivity contribution in [1.82, 2.24) is 29.8 Å². The summed E-state index contributed by atoms with van der Waals surface area (Å²) in [5, 5.41) is 11.3. The summed E-state index contributed by atoms with van der Waals surface area (Å²) in [5.41, 5.74) is 2.49. The molecule has 180 valence electrons. The fourth-order valence-corrected chi connectivity index (χ4v) is 4.51. The second kappa shape index (κ2) is 9.10. The Kier molecular flexibility index (Phi) is 5.49. The molecule has 6 rings (SSSR count). The third-order valence-corrected chi connectivity index (χ3v) is 6.29. The Morgan fingerprint density at radius 2 is 1.89 bits per heavy atom. The number of hydrogen-bond donors (Lipinski definition) is 2. The van der Waals surface area contributed by atoms with Crippen LogP contribution in [-0.2, 0) is 4.79 Å². The number of nitrogens with one attached hydrogen (secondary N) is 2. The predicted molar refractivity (Wildman–Crippen MR) is 135 cm³/mol. The minimum atomic E-state index is -0.0402. The number of hydrazone groups is 1. The third-order valence-electron chi connectivity index (χ3n) is 6.29. The molecule has 2 N–H and O–H groups in total. The number of nitrogens with zero attached hydrogens (tertiary/aromatic N) is 7. The number of likely N-dealkylation sites (tertiary alicyclic amines) is 1. The van der Waals surface area contributed by atoms with Gasteiger partial charge in [-0.25, -0.2) is 24.9 Å². The first-order valence-electron chi connectivity index (χ1n) is 11.6. The van der Waals surface area contributed by atoms with E-state index in [4.69, 9.17) is 9.84 Å². The molecule has 1 fully saturated rings. The van der Waals surface area contributed by atoms with Crippen LogP contribution in [0, 0.1) is 0 Å². The summed E-state index contributed by atoms with van der Waals surface area (Å²) in [6.45, 7) is 4.89. The summed E-state index contributed by atoms with van der Waals surface area (Å²) in [4.78, 5) is 34.2. The zero-order chi connectivity index (χ0) is 24.5. The van der Waals surface area contributed by atoms with Gasteiger partial charge in [-0.05, 0) is 49.2 Å². The number of piperidine rings is 1. The fourth-order valence-electron chi connectivity index (χ4n) is 4.51. The maximum Gasteiger partial charge on any atom is 0.321 e. The SMILES string of the molecule is C=CC(=O)N1CCC(N2N=C(Nc3ccc(Oc4ncccn4)cc3)c3c[nH]c4ncnc2c34)CC1. The van der Waals surface area contributed by atoms with Gasteiger partial charge in [-0.1, -0.05) is 6.58 Å². The molecule has 5 heterocycles. The van der Waals surface area contributed by atoms with E-state index in [0.29, 0.717) is 24.7 Å². The lowest BCUT2D eigenvalue weighted by molar-refractivity contribution is -0.127. The zero-order valence-corrected chi connectivity index (χ0v) is 19.3. The van der Waals surface area contributed by atoms with Crippen molar-refractivity contribution < 1.29 is 9.53 Å². The Balaban J connectivity index is 1.26. The summed E-state index contributed by atoms with van der Waals surface area (Å²) < 4.78 is 5.69. The number of anilines is 2. The molecular weight excluding hydrogens is 458 g/mol. The van der Waals surface area contributed by atoms with Crippen molar-refractivity contribution in [1.29, 1.82) is 0 Å². The van der Waals surface area contributed by atoms with Crippen molar-refractivity contribution in [3.63, 3.8) is 0 Å². The first kappa shape index (κ1) is 21.7. The van der Waals surface area contributed by atoms with E-state index in [-0.39, 0.29) is 18.0 Å². The van der Waals surface area contributed by atoms with Crippen LogP contribution in [0.3, 0.4) is 0 Å². The molecule has 2 aliphatic rings. The highest BCUT2D eigenvalue weighted by molar-refractivity contribution is 6.19. The molecule has 11 heteroatoms. The molecule has 0 unspecified atom stereocenters. The van der Waals surface area contributed by atoms with Crippen molar-refractivity contribution in [2.45, 2.75) is 18.9 Å². The number of amidine groups is 1. The van der Waals surface area contributed by atoms with E-state index in [1.807, 2.05) is 40.4 Å². The highest BCUT2D eigenvalue weighted by Crippen LogP contribution is 2.35. The Morgan fingerprint density at radius 3 is 2.64 bits per heavy atom. The van der Waals surface area contributed by atoms with Crippen molar-refractivity contribution in [2.75, 3.05) is 23.4 Å². The van der Waals surface area contributed by atoms with E-state index in [2.05, 4.69) is 36.8 Å². The number of amides is 1. The second-order valence-electron chi connectivity index (χ2n) is 8.46. The first-order valence-corrected chi connectivity index (χ1v) is 11.6. The van der Waals surface area contributed by atoms with Gasteiger partial charge in [0.05, 0.1) is 11.4 Å². The highest BCUT2D eigenvalue weighted by Gasteiger charge is 2.32. The van der Waals surface area contributed by atoms with E-state index >= 15 is 0 Å². The molecule has 0 atom stereocenters. The number of carbonyl (C=O) groups is 1. The molecule has 4 aromatic rings. The summed E-state index contributed by atoms with van der Waals surface area (Å²) in [6, 6.07) is 9.62. The Bertz CT molecular complexity index is 1440. The maximum absolute atomic E-state index is 12.0. The van der Waals surface area contributed by atoms with Crippen molar-refractivity contribution in [2.24, 2.45) is 5.10 Å². The highest BCUT2D eigenvalue weighted by atomic mass is 16.5. The minimum Gasteiger partial charge on any atom is -0.424 e. The average Bonchev–Trinajstić information content (AvgIpc) is 3.37. The summed E-state index contributed by atoms with van der Waals surface area (Å²) in [6.07, 6.45) is 9.61. The molecule has 1 amide bonds. The van der Waals surface area contributed by atoms with Crippen molar-refractivity contribution in [3.8, 4) is 11.8 Å². The number of hydrogen-bond acceptors (Lipinski definition) is 9. The summed E-state index contributed by atoms with van der Waals surface area (Å²) in [5.74, 6) is 2.04. The van der Waals surface area contributed by atoms with Gasteiger partial charge in [0.25, 0.3) is 0 Å². The molecule has 0 radical (unpaired) electrons. The predicted octanol–water partition coefficient (Wildman–Crippen LogP) is 3.31. The van der Waals surface area contributed by atoms with Gasteiger partial charge >= 0.3 is 6.01 Å². The van der Waals surface area contributed by atoms with Crippen LogP contribution < -0.4 is 15.1 Å². The molecular formula is C25H23N9O2. The molecule has 0 bridgehead atoms. The lowest BCUT2D eigenvalue weighted by Crippen LogP contribution is -2.46. The van der Waals surface area contributed by atoms with E-state index in [1.165, 1.54) is 6.08 Å². The fraction of sp³-hybridized carbons (Fsp3) is 0.200. The van der Waals surface area contributed by atoms with Crippen LogP contribution in [0.4, 0.5) is 11.5 Å². The molecule has 3 aromatic heterocycles. The van der Waals surface area contributed by atoms with Gasteiger partial charge in [0.1, 0.15) is 17.7 Å². The van der Waals surface area contributed by atoms with Crippen LogP contribution in [0.2, 0.25) is 0 Å². The van der Waals surface area contributed by atoms with Gasteiger partial charge in [-0.3, -0.25) is 4.79 Å². The minimum absolute atomic E-state index is 0.0402. The van der Waals surface area contributed by atoms with E-state index in [9.17, 15) is 4.79 Å². The van der Waals surface area contributed by atoms with Crippen LogP contribution in [0.5, 0.6) is 11.8 Å². The molecule has 36 heavy (non-hydrogen) atoms. The topological polar surface area (TPSA) is 125 Å². The lowest BCUT2D eigenvalue weighted by Gasteiger charge is -2.37. The summed E-state index contributed by atoms with van der Waals surface area (Å²) in [7, 11) is 0.